The summed E-state index contributed by atoms with van der Waals surface area (Å²) < 4.78 is 6.05. The largest absolute Gasteiger partial charge is 0.494 e. The number of halogens is 2. The summed E-state index contributed by atoms with van der Waals surface area (Å²) in [6.07, 6.45) is 5.37. The Labute approximate surface area is 220 Å². The lowest BCUT2D eigenvalue weighted by molar-refractivity contribution is 0.143. The summed E-state index contributed by atoms with van der Waals surface area (Å²) in [4.78, 5) is 6.84. The summed E-state index contributed by atoms with van der Waals surface area (Å²) in [6.45, 7) is 2.97. The first-order valence-corrected chi connectivity index (χ1v) is 12.3. The smallest absolute Gasteiger partial charge is 0.119 e. The fourth-order valence-electron chi connectivity index (χ4n) is 4.49. The van der Waals surface area contributed by atoms with Crippen LogP contribution in [0.3, 0.4) is 0 Å². The van der Waals surface area contributed by atoms with Crippen LogP contribution in [0, 0.1) is 17.8 Å². The third-order valence-electron chi connectivity index (χ3n) is 6.40. The number of benzene rings is 2. The molecular weight excluding hydrogens is 477 g/mol. The van der Waals surface area contributed by atoms with Crippen molar-refractivity contribution in [3.63, 3.8) is 0 Å². The van der Waals surface area contributed by atoms with Crippen LogP contribution in [0.25, 0.3) is 11.1 Å². The maximum absolute atomic E-state index is 6.05. The SMILES string of the molecule is CN(C)C(CCOc1ccc(C#Cc2ccc(-c3ccc(Cl)cc3)cn2)cc1)C1CCNCC1.Cl. The summed E-state index contributed by atoms with van der Waals surface area (Å²) >= 11 is 5.97. The Morgan fingerprint density at radius 3 is 2.29 bits per heavy atom. The molecule has 2 aromatic carbocycles. The van der Waals surface area contributed by atoms with Crippen LogP contribution in [-0.4, -0.2) is 49.7 Å². The minimum atomic E-state index is 0. The second-order valence-electron chi connectivity index (χ2n) is 8.97. The van der Waals surface area contributed by atoms with Crippen molar-refractivity contribution in [2.45, 2.75) is 25.3 Å². The van der Waals surface area contributed by atoms with Crippen molar-refractivity contribution in [1.29, 1.82) is 0 Å². The molecule has 1 fully saturated rings. The van der Waals surface area contributed by atoms with E-state index in [4.69, 9.17) is 16.3 Å². The third kappa shape index (κ3) is 7.98. The zero-order valence-electron chi connectivity index (χ0n) is 20.3. The van der Waals surface area contributed by atoms with Gasteiger partial charge in [-0.3, -0.25) is 0 Å². The monoisotopic (exact) mass is 509 g/mol. The van der Waals surface area contributed by atoms with Gasteiger partial charge in [-0.05, 0) is 106 Å². The molecule has 3 aromatic rings. The first-order chi connectivity index (χ1) is 16.6. The van der Waals surface area contributed by atoms with Gasteiger partial charge in [-0.1, -0.05) is 35.7 Å². The maximum atomic E-state index is 6.05. The lowest BCUT2D eigenvalue weighted by Crippen LogP contribution is -2.42. The second-order valence-corrected chi connectivity index (χ2v) is 9.41. The number of aromatic nitrogens is 1. The molecular formula is C29H33Cl2N3O. The molecule has 0 amide bonds. The lowest BCUT2D eigenvalue weighted by Gasteiger charge is -2.35. The van der Waals surface area contributed by atoms with Crippen molar-refractivity contribution < 1.29 is 4.74 Å². The number of piperidine rings is 1. The summed E-state index contributed by atoms with van der Waals surface area (Å²) in [6, 6.07) is 20.3. The highest BCUT2D eigenvalue weighted by Gasteiger charge is 2.24. The number of hydrogen-bond acceptors (Lipinski definition) is 4. The molecule has 0 saturated carbocycles. The van der Waals surface area contributed by atoms with Gasteiger partial charge < -0.3 is 15.0 Å². The van der Waals surface area contributed by atoms with Gasteiger partial charge in [0.15, 0.2) is 0 Å². The molecule has 6 heteroatoms. The molecule has 1 N–H and O–H groups in total. The van der Waals surface area contributed by atoms with Gasteiger partial charge in [-0.15, -0.1) is 12.4 Å². The number of ether oxygens (including phenoxy) is 1. The van der Waals surface area contributed by atoms with Crippen molar-refractivity contribution in [3.05, 3.63) is 83.1 Å². The molecule has 0 radical (unpaired) electrons. The van der Waals surface area contributed by atoms with E-state index in [0.29, 0.717) is 6.04 Å². The normalized spacial score (nSPS) is 14.5. The van der Waals surface area contributed by atoms with E-state index in [1.807, 2.05) is 66.9 Å². The van der Waals surface area contributed by atoms with Gasteiger partial charge in [0.05, 0.1) is 6.61 Å². The zero-order valence-corrected chi connectivity index (χ0v) is 21.9. The zero-order chi connectivity index (χ0) is 23.8. The van der Waals surface area contributed by atoms with E-state index < -0.39 is 0 Å². The molecule has 4 nitrogen and oxygen atoms in total. The maximum Gasteiger partial charge on any atom is 0.119 e. The topological polar surface area (TPSA) is 37.4 Å². The van der Waals surface area contributed by atoms with Crippen molar-refractivity contribution in [2.24, 2.45) is 5.92 Å². The molecule has 1 unspecified atom stereocenters. The number of rotatable bonds is 7. The standard InChI is InChI=1S/C29H32ClN3O.ClH/c1-33(2)29(24-15-18-31-19-16-24)17-20-34-28-13-4-22(5-14-28)3-11-27-12-8-25(21-32-27)23-6-9-26(30)10-7-23;/h4-10,12-14,21,24,29,31H,15-20H2,1-2H3;1H. The average Bonchev–Trinajstić information content (AvgIpc) is 2.87. The fourth-order valence-corrected chi connectivity index (χ4v) is 4.62. The molecule has 4 rings (SSSR count). The van der Waals surface area contributed by atoms with Crippen LogP contribution in [0.15, 0.2) is 66.9 Å². The van der Waals surface area contributed by atoms with E-state index in [0.717, 1.165) is 65.2 Å². The molecule has 1 aliphatic heterocycles. The first kappa shape index (κ1) is 27.0. The number of nitrogens with one attached hydrogen (secondary N) is 1. The molecule has 1 aliphatic rings. The molecule has 1 atom stereocenters. The predicted molar refractivity (Wildman–Crippen MR) is 148 cm³/mol. The van der Waals surface area contributed by atoms with Crippen LogP contribution in [0.4, 0.5) is 0 Å². The lowest BCUT2D eigenvalue weighted by atomic mass is 9.88. The minimum Gasteiger partial charge on any atom is -0.494 e. The van der Waals surface area contributed by atoms with E-state index in [1.54, 1.807) is 0 Å². The molecule has 1 aromatic heterocycles. The van der Waals surface area contributed by atoms with Crippen LogP contribution in [0.2, 0.25) is 5.02 Å². The highest BCUT2D eigenvalue weighted by Crippen LogP contribution is 2.23. The Hall–Kier alpha value is -2.55. The molecule has 1 saturated heterocycles. The highest BCUT2D eigenvalue weighted by atomic mass is 35.5. The highest BCUT2D eigenvalue weighted by molar-refractivity contribution is 6.30. The third-order valence-corrected chi connectivity index (χ3v) is 6.66. The Balaban J connectivity index is 0.00000342. The molecule has 0 spiro atoms. The molecule has 0 bridgehead atoms. The summed E-state index contributed by atoms with van der Waals surface area (Å²) in [5, 5.41) is 4.19. The Morgan fingerprint density at radius 1 is 0.971 bits per heavy atom. The van der Waals surface area contributed by atoms with Gasteiger partial charge in [-0.2, -0.15) is 0 Å². The number of nitrogens with zero attached hydrogens (tertiary/aromatic N) is 2. The first-order valence-electron chi connectivity index (χ1n) is 11.9. The second kappa shape index (κ2) is 13.5. The van der Waals surface area contributed by atoms with Gasteiger partial charge in [0.2, 0.25) is 0 Å². The molecule has 2 heterocycles. The van der Waals surface area contributed by atoms with Gasteiger partial charge in [0, 0.05) is 28.4 Å². The van der Waals surface area contributed by atoms with E-state index in [1.165, 1.54) is 12.8 Å². The molecule has 35 heavy (non-hydrogen) atoms. The summed E-state index contributed by atoms with van der Waals surface area (Å²) in [5.74, 6) is 7.96. The van der Waals surface area contributed by atoms with Crippen molar-refractivity contribution in [3.8, 4) is 28.7 Å². The quantitative estimate of drug-likeness (QED) is 0.401. The predicted octanol–water partition coefficient (Wildman–Crippen LogP) is 5.92. The Morgan fingerprint density at radius 2 is 1.66 bits per heavy atom. The average molecular weight is 511 g/mol. The Bertz CT molecular complexity index is 1100. The summed E-state index contributed by atoms with van der Waals surface area (Å²) in [7, 11) is 4.36. The van der Waals surface area contributed by atoms with Gasteiger partial charge in [-0.25, -0.2) is 4.98 Å². The Kier molecular flexibility index (Phi) is 10.4. The number of hydrogen-bond donors (Lipinski definition) is 1. The van der Waals surface area contributed by atoms with Crippen LogP contribution >= 0.6 is 24.0 Å². The van der Waals surface area contributed by atoms with E-state index in [9.17, 15) is 0 Å². The van der Waals surface area contributed by atoms with Crippen LogP contribution in [0.1, 0.15) is 30.5 Å². The molecule has 184 valence electrons. The van der Waals surface area contributed by atoms with Crippen molar-refractivity contribution in [1.82, 2.24) is 15.2 Å². The van der Waals surface area contributed by atoms with Gasteiger partial charge in [0.1, 0.15) is 11.4 Å². The van der Waals surface area contributed by atoms with Crippen LogP contribution in [0.5, 0.6) is 5.75 Å². The minimum absolute atomic E-state index is 0. The number of pyridine rings is 1. The fraction of sp³-hybridized carbons (Fsp3) is 0.345. The van der Waals surface area contributed by atoms with E-state index >= 15 is 0 Å². The molecule has 0 aliphatic carbocycles. The van der Waals surface area contributed by atoms with Gasteiger partial charge >= 0.3 is 0 Å². The van der Waals surface area contributed by atoms with E-state index in [2.05, 4.69) is 41.1 Å². The van der Waals surface area contributed by atoms with Crippen molar-refractivity contribution in [2.75, 3.05) is 33.8 Å². The van der Waals surface area contributed by atoms with E-state index in [-0.39, 0.29) is 12.4 Å². The van der Waals surface area contributed by atoms with Gasteiger partial charge in [0.25, 0.3) is 0 Å². The van der Waals surface area contributed by atoms with Crippen LogP contribution < -0.4 is 10.1 Å². The summed E-state index contributed by atoms with van der Waals surface area (Å²) in [5.41, 5.74) is 3.81. The van der Waals surface area contributed by atoms with Crippen LogP contribution in [-0.2, 0) is 0 Å². The van der Waals surface area contributed by atoms with Crippen molar-refractivity contribution >= 4 is 24.0 Å².